The highest BCUT2D eigenvalue weighted by atomic mass is 79.9. The number of esters is 1. The summed E-state index contributed by atoms with van der Waals surface area (Å²) in [7, 11) is 1.55. The molecule has 0 aliphatic carbocycles. The van der Waals surface area contributed by atoms with Crippen LogP contribution in [-0.4, -0.2) is 25.6 Å². The maximum Gasteiger partial charge on any atom is 0.306 e. The van der Waals surface area contributed by atoms with Gasteiger partial charge < -0.3 is 14.8 Å². The molecule has 19 heavy (non-hydrogen) atoms. The molecule has 0 fully saturated rings. The van der Waals surface area contributed by atoms with Gasteiger partial charge in [0.2, 0.25) is 5.91 Å². The minimum absolute atomic E-state index is 0.0742. The van der Waals surface area contributed by atoms with Crippen molar-refractivity contribution in [2.24, 2.45) is 0 Å². The van der Waals surface area contributed by atoms with Crippen LogP contribution in [0.1, 0.15) is 19.8 Å². The van der Waals surface area contributed by atoms with Crippen molar-refractivity contribution < 1.29 is 19.1 Å². The number of halogens is 1. The number of nitrogens with one attached hydrogen (secondary N) is 1. The van der Waals surface area contributed by atoms with E-state index in [1.807, 2.05) is 0 Å². The number of carbonyl (C=O) groups is 2. The molecule has 0 saturated carbocycles. The monoisotopic (exact) mass is 329 g/mol. The molecule has 0 bridgehead atoms. The lowest BCUT2D eigenvalue weighted by molar-refractivity contribution is -0.144. The lowest BCUT2D eigenvalue weighted by Gasteiger charge is -2.08. The third-order valence-corrected chi connectivity index (χ3v) is 2.71. The Morgan fingerprint density at radius 3 is 2.63 bits per heavy atom. The van der Waals surface area contributed by atoms with Crippen LogP contribution in [0.4, 0.5) is 5.69 Å². The van der Waals surface area contributed by atoms with Crippen molar-refractivity contribution in [3.8, 4) is 5.75 Å². The van der Waals surface area contributed by atoms with E-state index in [1.54, 1.807) is 32.2 Å². The first kappa shape index (κ1) is 15.5. The normalized spacial score (nSPS) is 9.84. The van der Waals surface area contributed by atoms with Crippen LogP contribution < -0.4 is 10.1 Å². The van der Waals surface area contributed by atoms with Gasteiger partial charge in [0.05, 0.1) is 20.1 Å². The molecular formula is C13H16BrNO4. The Kier molecular flexibility index (Phi) is 6.35. The highest BCUT2D eigenvalue weighted by Crippen LogP contribution is 2.24. The summed E-state index contributed by atoms with van der Waals surface area (Å²) in [6, 6.07) is 5.24. The first-order valence-electron chi connectivity index (χ1n) is 5.85. The SMILES string of the molecule is CCOC(=O)CCC(=O)Nc1cc(Br)cc(OC)c1. The molecule has 0 aliphatic heterocycles. The first-order valence-corrected chi connectivity index (χ1v) is 6.64. The van der Waals surface area contributed by atoms with Crippen molar-refractivity contribution in [3.63, 3.8) is 0 Å². The van der Waals surface area contributed by atoms with Crippen LogP contribution in [0.25, 0.3) is 0 Å². The number of amides is 1. The molecule has 0 heterocycles. The van der Waals surface area contributed by atoms with Crippen molar-refractivity contribution in [2.45, 2.75) is 19.8 Å². The summed E-state index contributed by atoms with van der Waals surface area (Å²) >= 11 is 3.32. The Bertz CT molecular complexity index is 462. The number of hydrogen-bond donors (Lipinski definition) is 1. The molecule has 0 radical (unpaired) electrons. The largest absolute Gasteiger partial charge is 0.497 e. The van der Waals surface area contributed by atoms with E-state index in [0.29, 0.717) is 18.0 Å². The van der Waals surface area contributed by atoms with E-state index in [1.165, 1.54) is 0 Å². The van der Waals surface area contributed by atoms with Crippen molar-refractivity contribution in [2.75, 3.05) is 19.0 Å². The molecule has 0 spiro atoms. The zero-order valence-corrected chi connectivity index (χ0v) is 12.5. The summed E-state index contributed by atoms with van der Waals surface area (Å²) in [6.45, 7) is 2.05. The topological polar surface area (TPSA) is 64.6 Å². The molecule has 6 heteroatoms. The second-order valence-electron chi connectivity index (χ2n) is 3.73. The molecule has 1 amide bonds. The van der Waals surface area contributed by atoms with Crippen molar-refractivity contribution in [1.29, 1.82) is 0 Å². The Labute approximate surface area is 120 Å². The maximum absolute atomic E-state index is 11.7. The van der Waals surface area contributed by atoms with Gasteiger partial charge in [0.1, 0.15) is 5.75 Å². The van der Waals surface area contributed by atoms with Gasteiger partial charge in [-0.05, 0) is 19.1 Å². The van der Waals surface area contributed by atoms with E-state index >= 15 is 0 Å². The van der Waals surface area contributed by atoms with E-state index in [9.17, 15) is 9.59 Å². The Morgan fingerprint density at radius 2 is 2.00 bits per heavy atom. The predicted molar refractivity (Wildman–Crippen MR) is 75.2 cm³/mol. The van der Waals surface area contributed by atoms with E-state index < -0.39 is 0 Å². The number of benzene rings is 1. The number of rotatable bonds is 6. The summed E-state index contributed by atoms with van der Waals surface area (Å²) < 4.78 is 10.6. The maximum atomic E-state index is 11.7. The number of ether oxygens (including phenoxy) is 2. The second kappa shape index (κ2) is 7.78. The molecular weight excluding hydrogens is 314 g/mol. The van der Waals surface area contributed by atoms with Gasteiger partial charge in [-0.25, -0.2) is 0 Å². The smallest absolute Gasteiger partial charge is 0.306 e. The van der Waals surface area contributed by atoms with Crippen LogP contribution in [-0.2, 0) is 14.3 Å². The minimum Gasteiger partial charge on any atom is -0.497 e. The number of anilines is 1. The number of carbonyl (C=O) groups excluding carboxylic acids is 2. The molecule has 1 aromatic rings. The van der Waals surface area contributed by atoms with Crippen LogP contribution in [0.2, 0.25) is 0 Å². The van der Waals surface area contributed by atoms with Crippen LogP contribution >= 0.6 is 15.9 Å². The Morgan fingerprint density at radius 1 is 1.26 bits per heavy atom. The summed E-state index contributed by atoms with van der Waals surface area (Å²) in [5.74, 6) is 0.0211. The molecule has 0 aliphatic rings. The molecule has 104 valence electrons. The second-order valence-corrected chi connectivity index (χ2v) is 4.65. The van der Waals surface area contributed by atoms with E-state index in [-0.39, 0.29) is 24.7 Å². The number of hydrogen-bond acceptors (Lipinski definition) is 4. The van der Waals surface area contributed by atoms with Gasteiger partial charge >= 0.3 is 5.97 Å². The Hall–Kier alpha value is -1.56. The molecule has 0 unspecified atom stereocenters. The molecule has 5 nitrogen and oxygen atoms in total. The zero-order chi connectivity index (χ0) is 14.3. The highest BCUT2D eigenvalue weighted by Gasteiger charge is 2.08. The Balaban J connectivity index is 2.52. The molecule has 0 saturated heterocycles. The third-order valence-electron chi connectivity index (χ3n) is 2.25. The average Bonchev–Trinajstić information content (AvgIpc) is 2.36. The predicted octanol–water partition coefficient (Wildman–Crippen LogP) is 2.74. The van der Waals surface area contributed by atoms with Gasteiger partial charge in [-0.2, -0.15) is 0 Å². The van der Waals surface area contributed by atoms with E-state index in [2.05, 4.69) is 21.2 Å². The van der Waals surface area contributed by atoms with E-state index in [0.717, 1.165) is 4.47 Å². The lowest BCUT2D eigenvalue weighted by Crippen LogP contribution is -2.14. The van der Waals surface area contributed by atoms with Crippen LogP contribution in [0.15, 0.2) is 22.7 Å². The minimum atomic E-state index is -0.371. The van der Waals surface area contributed by atoms with E-state index in [4.69, 9.17) is 9.47 Å². The summed E-state index contributed by atoms with van der Waals surface area (Å²) in [4.78, 5) is 22.8. The van der Waals surface area contributed by atoms with Gasteiger partial charge in [0, 0.05) is 22.6 Å². The van der Waals surface area contributed by atoms with Crippen LogP contribution in [0, 0.1) is 0 Å². The third kappa shape index (κ3) is 5.74. The average molecular weight is 330 g/mol. The van der Waals surface area contributed by atoms with Crippen molar-refractivity contribution in [1.82, 2.24) is 0 Å². The fraction of sp³-hybridized carbons (Fsp3) is 0.385. The number of methoxy groups -OCH3 is 1. The standard InChI is InChI=1S/C13H16BrNO4/c1-3-19-13(17)5-4-12(16)15-10-6-9(14)7-11(8-10)18-2/h6-8H,3-5H2,1-2H3,(H,15,16). The summed E-state index contributed by atoms with van der Waals surface area (Å²) in [5.41, 5.74) is 0.611. The quantitative estimate of drug-likeness (QED) is 0.815. The zero-order valence-electron chi connectivity index (χ0n) is 10.9. The van der Waals surface area contributed by atoms with Crippen molar-refractivity contribution in [3.05, 3.63) is 22.7 Å². The lowest BCUT2D eigenvalue weighted by atomic mass is 10.2. The molecule has 1 aromatic carbocycles. The molecule has 0 aromatic heterocycles. The highest BCUT2D eigenvalue weighted by molar-refractivity contribution is 9.10. The van der Waals surface area contributed by atoms with Gasteiger partial charge in [0.15, 0.2) is 0 Å². The first-order chi connectivity index (χ1) is 9.05. The molecule has 1 N–H and O–H groups in total. The fourth-order valence-electron chi connectivity index (χ4n) is 1.42. The van der Waals surface area contributed by atoms with Crippen molar-refractivity contribution >= 4 is 33.5 Å². The van der Waals surface area contributed by atoms with Crippen LogP contribution in [0.3, 0.4) is 0 Å². The van der Waals surface area contributed by atoms with Gasteiger partial charge in [0.25, 0.3) is 0 Å². The van der Waals surface area contributed by atoms with Gasteiger partial charge in [-0.3, -0.25) is 9.59 Å². The molecule has 1 rings (SSSR count). The molecule has 0 atom stereocenters. The van der Waals surface area contributed by atoms with Gasteiger partial charge in [-0.15, -0.1) is 0 Å². The fourth-order valence-corrected chi connectivity index (χ4v) is 1.90. The summed E-state index contributed by atoms with van der Waals surface area (Å²) in [6.07, 6.45) is 0.165. The van der Waals surface area contributed by atoms with Crippen LogP contribution in [0.5, 0.6) is 5.75 Å². The summed E-state index contributed by atoms with van der Waals surface area (Å²) in [5, 5.41) is 2.70. The van der Waals surface area contributed by atoms with Gasteiger partial charge in [-0.1, -0.05) is 15.9 Å².